The van der Waals surface area contributed by atoms with Gasteiger partial charge in [0.2, 0.25) is 5.91 Å². The van der Waals surface area contributed by atoms with Gasteiger partial charge in [-0.15, -0.1) is 0 Å². The quantitative estimate of drug-likeness (QED) is 0.859. The van der Waals surface area contributed by atoms with Crippen LogP contribution in [0.1, 0.15) is 37.3 Å². The van der Waals surface area contributed by atoms with Crippen molar-refractivity contribution in [1.82, 2.24) is 0 Å². The van der Waals surface area contributed by atoms with Gasteiger partial charge in [-0.2, -0.15) is 0 Å². The van der Waals surface area contributed by atoms with E-state index in [0.29, 0.717) is 5.92 Å². The number of hydrogen-bond donors (Lipinski definition) is 1. The molecule has 0 aliphatic carbocycles. The molecule has 0 saturated carbocycles. The van der Waals surface area contributed by atoms with Crippen molar-refractivity contribution in [3.8, 4) is 0 Å². The first-order valence-corrected chi connectivity index (χ1v) is 7.23. The van der Waals surface area contributed by atoms with Crippen LogP contribution in [0.4, 0.5) is 10.1 Å². The van der Waals surface area contributed by atoms with E-state index in [9.17, 15) is 9.18 Å². The Hall–Kier alpha value is -2.16. The molecule has 1 N–H and O–H groups in total. The smallest absolute Gasteiger partial charge is 0.228 e. The monoisotopic (exact) mass is 285 g/mol. The maximum absolute atomic E-state index is 12.9. The third kappa shape index (κ3) is 4.15. The second-order valence-electron chi connectivity index (χ2n) is 5.25. The van der Waals surface area contributed by atoms with Gasteiger partial charge in [0.05, 0.1) is 6.42 Å². The molecule has 0 saturated heterocycles. The number of carbonyl (C=O) groups is 1. The van der Waals surface area contributed by atoms with Crippen molar-refractivity contribution in [3.05, 3.63) is 65.5 Å². The summed E-state index contributed by atoms with van der Waals surface area (Å²) in [6, 6.07) is 13.9. The average molecular weight is 285 g/mol. The first kappa shape index (κ1) is 15.2. The fraction of sp³-hybridized carbons (Fsp3) is 0.278. The van der Waals surface area contributed by atoms with Gasteiger partial charge < -0.3 is 5.32 Å². The number of halogens is 1. The Morgan fingerprint density at radius 1 is 1.14 bits per heavy atom. The molecule has 0 bridgehead atoms. The fourth-order valence-corrected chi connectivity index (χ4v) is 2.24. The third-order valence-corrected chi connectivity index (χ3v) is 3.66. The predicted octanol–water partition coefficient (Wildman–Crippen LogP) is 4.52. The molecule has 0 fully saturated rings. The van der Waals surface area contributed by atoms with Crippen LogP contribution in [0.5, 0.6) is 0 Å². The van der Waals surface area contributed by atoms with E-state index < -0.39 is 0 Å². The lowest BCUT2D eigenvalue weighted by Gasteiger charge is -2.15. The highest BCUT2D eigenvalue weighted by molar-refractivity contribution is 5.93. The molecular weight excluding hydrogens is 265 g/mol. The highest BCUT2D eigenvalue weighted by Gasteiger charge is 2.11. The summed E-state index contributed by atoms with van der Waals surface area (Å²) < 4.78 is 12.9. The topological polar surface area (TPSA) is 29.1 Å². The van der Waals surface area contributed by atoms with E-state index in [-0.39, 0.29) is 18.1 Å². The summed E-state index contributed by atoms with van der Waals surface area (Å²) >= 11 is 0. The lowest BCUT2D eigenvalue weighted by Crippen LogP contribution is -2.16. The number of hydrogen-bond acceptors (Lipinski definition) is 1. The van der Waals surface area contributed by atoms with Crippen LogP contribution >= 0.6 is 0 Å². The van der Waals surface area contributed by atoms with Crippen molar-refractivity contribution < 1.29 is 9.18 Å². The zero-order chi connectivity index (χ0) is 15.2. The van der Waals surface area contributed by atoms with Crippen molar-refractivity contribution >= 4 is 11.6 Å². The van der Waals surface area contributed by atoms with Crippen LogP contribution in [-0.4, -0.2) is 5.91 Å². The van der Waals surface area contributed by atoms with E-state index in [1.165, 1.54) is 12.1 Å². The number of amides is 1. The van der Waals surface area contributed by atoms with Crippen molar-refractivity contribution in [2.45, 2.75) is 32.6 Å². The first-order valence-electron chi connectivity index (χ1n) is 7.23. The summed E-state index contributed by atoms with van der Waals surface area (Å²) in [4.78, 5) is 12.1. The van der Waals surface area contributed by atoms with Crippen molar-refractivity contribution in [1.29, 1.82) is 0 Å². The molecule has 2 aromatic rings. The maximum Gasteiger partial charge on any atom is 0.228 e. The largest absolute Gasteiger partial charge is 0.326 e. The predicted molar refractivity (Wildman–Crippen MR) is 83.9 cm³/mol. The van der Waals surface area contributed by atoms with Gasteiger partial charge in [-0.3, -0.25) is 4.79 Å². The molecule has 110 valence electrons. The first-order chi connectivity index (χ1) is 10.1. The summed E-state index contributed by atoms with van der Waals surface area (Å²) in [5.41, 5.74) is 2.81. The van der Waals surface area contributed by atoms with Crippen LogP contribution in [0, 0.1) is 5.82 Å². The molecule has 0 aliphatic rings. The van der Waals surface area contributed by atoms with E-state index in [1.807, 2.05) is 24.3 Å². The molecule has 0 aliphatic heterocycles. The standard InChI is InChI=1S/C18H20FNO/c1-3-13(2)16-6-4-5-7-17(16)20-18(21)12-14-8-10-15(19)11-9-14/h4-11,13H,3,12H2,1-2H3,(H,20,21). The van der Waals surface area contributed by atoms with Gasteiger partial charge in [0.25, 0.3) is 0 Å². The Morgan fingerprint density at radius 2 is 1.81 bits per heavy atom. The molecule has 1 atom stereocenters. The van der Waals surface area contributed by atoms with Crippen molar-refractivity contribution in [2.75, 3.05) is 5.32 Å². The molecular formula is C18H20FNO. The molecule has 2 nitrogen and oxygen atoms in total. The molecule has 1 unspecified atom stereocenters. The molecule has 2 aromatic carbocycles. The summed E-state index contributed by atoms with van der Waals surface area (Å²) in [7, 11) is 0. The zero-order valence-electron chi connectivity index (χ0n) is 12.4. The van der Waals surface area contributed by atoms with Crippen LogP contribution < -0.4 is 5.32 Å². The van der Waals surface area contributed by atoms with Gasteiger partial charge in [0.15, 0.2) is 0 Å². The average Bonchev–Trinajstić information content (AvgIpc) is 2.49. The molecule has 21 heavy (non-hydrogen) atoms. The summed E-state index contributed by atoms with van der Waals surface area (Å²) in [6.07, 6.45) is 1.26. The van der Waals surface area contributed by atoms with Gasteiger partial charge in [0, 0.05) is 5.69 Å². The lowest BCUT2D eigenvalue weighted by molar-refractivity contribution is -0.115. The van der Waals surface area contributed by atoms with Gasteiger partial charge >= 0.3 is 0 Å². The molecule has 1 amide bonds. The Kier molecular flexibility index (Phi) is 5.09. The van der Waals surface area contributed by atoms with E-state index >= 15 is 0 Å². The van der Waals surface area contributed by atoms with E-state index in [0.717, 1.165) is 23.2 Å². The number of para-hydroxylation sites is 1. The fourth-order valence-electron chi connectivity index (χ4n) is 2.24. The van der Waals surface area contributed by atoms with E-state index in [2.05, 4.69) is 19.2 Å². The second-order valence-corrected chi connectivity index (χ2v) is 5.25. The number of benzene rings is 2. The Bertz CT molecular complexity index is 607. The Labute approximate surface area is 125 Å². The minimum Gasteiger partial charge on any atom is -0.326 e. The highest BCUT2D eigenvalue weighted by atomic mass is 19.1. The minimum absolute atomic E-state index is 0.0858. The summed E-state index contributed by atoms with van der Waals surface area (Å²) in [5.74, 6) is 0.0194. The molecule has 2 rings (SSSR count). The van der Waals surface area contributed by atoms with Crippen LogP contribution in [0.3, 0.4) is 0 Å². The molecule has 0 radical (unpaired) electrons. The summed E-state index contributed by atoms with van der Waals surface area (Å²) in [5, 5.41) is 2.96. The second kappa shape index (κ2) is 7.02. The number of nitrogens with one attached hydrogen (secondary N) is 1. The van der Waals surface area contributed by atoms with Gasteiger partial charge in [-0.1, -0.05) is 44.2 Å². The van der Waals surface area contributed by atoms with Crippen LogP contribution in [0.15, 0.2) is 48.5 Å². The highest BCUT2D eigenvalue weighted by Crippen LogP contribution is 2.26. The molecule has 0 spiro atoms. The maximum atomic E-state index is 12.9. The van der Waals surface area contributed by atoms with Crippen molar-refractivity contribution in [3.63, 3.8) is 0 Å². The molecule has 0 heterocycles. The molecule has 0 aromatic heterocycles. The normalized spacial score (nSPS) is 12.0. The van der Waals surface area contributed by atoms with Gasteiger partial charge in [-0.05, 0) is 41.7 Å². The van der Waals surface area contributed by atoms with Crippen LogP contribution in [0.2, 0.25) is 0 Å². The number of rotatable bonds is 5. The van der Waals surface area contributed by atoms with Gasteiger partial charge in [-0.25, -0.2) is 4.39 Å². The third-order valence-electron chi connectivity index (χ3n) is 3.66. The zero-order valence-corrected chi connectivity index (χ0v) is 12.4. The van der Waals surface area contributed by atoms with E-state index in [1.54, 1.807) is 12.1 Å². The van der Waals surface area contributed by atoms with Crippen LogP contribution in [-0.2, 0) is 11.2 Å². The SMILES string of the molecule is CCC(C)c1ccccc1NC(=O)Cc1ccc(F)cc1. The van der Waals surface area contributed by atoms with Gasteiger partial charge in [0.1, 0.15) is 5.82 Å². The Morgan fingerprint density at radius 3 is 2.48 bits per heavy atom. The lowest BCUT2D eigenvalue weighted by atomic mass is 9.97. The Balaban J connectivity index is 2.07. The van der Waals surface area contributed by atoms with Crippen LogP contribution in [0.25, 0.3) is 0 Å². The number of anilines is 1. The van der Waals surface area contributed by atoms with Crippen molar-refractivity contribution in [2.24, 2.45) is 0 Å². The summed E-state index contributed by atoms with van der Waals surface area (Å²) in [6.45, 7) is 4.27. The number of carbonyl (C=O) groups excluding carboxylic acids is 1. The van der Waals surface area contributed by atoms with E-state index in [4.69, 9.17) is 0 Å². The molecule has 3 heteroatoms. The minimum atomic E-state index is -0.290.